The molecule has 0 saturated carbocycles. The molecule has 1 aromatic carbocycles. The lowest BCUT2D eigenvalue weighted by Crippen LogP contribution is -2.36. The lowest BCUT2D eigenvalue weighted by atomic mass is 10.00. The molecule has 3 aromatic rings. The number of fused-ring (bicyclic) bond motifs is 1. The van der Waals surface area contributed by atoms with Gasteiger partial charge in [0.15, 0.2) is 11.2 Å². The Morgan fingerprint density at radius 3 is 2.68 bits per heavy atom. The minimum atomic E-state index is -0.865. The second-order valence-corrected chi connectivity index (χ2v) is 8.41. The van der Waals surface area contributed by atoms with Gasteiger partial charge in [-0.05, 0) is 37.3 Å². The molecule has 0 radical (unpaired) electrons. The van der Waals surface area contributed by atoms with Gasteiger partial charge in [-0.1, -0.05) is 25.1 Å². The Morgan fingerprint density at radius 2 is 1.97 bits per heavy atom. The van der Waals surface area contributed by atoms with Gasteiger partial charge in [0.05, 0.1) is 6.54 Å². The molecule has 4 rings (SSSR count). The van der Waals surface area contributed by atoms with Crippen molar-refractivity contribution in [2.24, 2.45) is 13.0 Å². The fourth-order valence-electron chi connectivity index (χ4n) is 4.01. The molecule has 31 heavy (non-hydrogen) atoms. The molecular formula is C22H29N5O4. The fraction of sp³-hybridized carbons (Fsp3) is 0.500. The molecule has 1 aliphatic rings. The van der Waals surface area contributed by atoms with Gasteiger partial charge < -0.3 is 19.3 Å². The van der Waals surface area contributed by atoms with Gasteiger partial charge in [0.2, 0.25) is 5.95 Å². The summed E-state index contributed by atoms with van der Waals surface area (Å²) in [7, 11) is 1.58. The topological polar surface area (TPSA) is 105 Å². The minimum absolute atomic E-state index is 0.0741. The lowest BCUT2D eigenvalue weighted by molar-refractivity contribution is 0.0932. The van der Waals surface area contributed by atoms with Gasteiger partial charge >= 0.3 is 5.69 Å². The van der Waals surface area contributed by atoms with Gasteiger partial charge in [-0.25, -0.2) is 4.79 Å². The van der Waals surface area contributed by atoms with Crippen LogP contribution in [-0.2, 0) is 13.6 Å². The van der Waals surface area contributed by atoms with E-state index < -0.39 is 17.4 Å². The number of nitrogens with zero attached hydrogens (tertiary/aromatic N) is 4. The summed E-state index contributed by atoms with van der Waals surface area (Å²) in [5, 5.41) is 10.7. The predicted octanol–water partition coefficient (Wildman–Crippen LogP) is 1.41. The average Bonchev–Trinajstić information content (AvgIpc) is 3.12. The van der Waals surface area contributed by atoms with E-state index in [4.69, 9.17) is 4.74 Å². The van der Waals surface area contributed by atoms with Crippen molar-refractivity contribution in [3.8, 4) is 5.75 Å². The van der Waals surface area contributed by atoms with E-state index in [1.807, 2.05) is 31.2 Å². The first-order chi connectivity index (χ1) is 14.8. The number of aromatic amines is 1. The number of rotatable bonds is 6. The van der Waals surface area contributed by atoms with Crippen molar-refractivity contribution in [2.45, 2.75) is 39.3 Å². The predicted molar refractivity (Wildman–Crippen MR) is 119 cm³/mol. The summed E-state index contributed by atoms with van der Waals surface area (Å²) < 4.78 is 8.84. The van der Waals surface area contributed by atoms with Crippen LogP contribution in [0.4, 0.5) is 5.95 Å². The number of aryl methyl sites for hydroxylation is 2. The summed E-state index contributed by atoms with van der Waals surface area (Å²) in [6.45, 7) is 6.00. The van der Waals surface area contributed by atoms with Crippen LogP contribution in [0.2, 0.25) is 0 Å². The summed E-state index contributed by atoms with van der Waals surface area (Å²) >= 11 is 0. The monoisotopic (exact) mass is 427 g/mol. The molecule has 1 aliphatic heterocycles. The number of aliphatic hydroxyl groups excluding tert-OH is 1. The van der Waals surface area contributed by atoms with E-state index in [1.54, 1.807) is 11.6 Å². The third-order valence-corrected chi connectivity index (χ3v) is 5.97. The van der Waals surface area contributed by atoms with E-state index >= 15 is 0 Å². The Kier molecular flexibility index (Phi) is 5.86. The quantitative estimate of drug-likeness (QED) is 0.616. The van der Waals surface area contributed by atoms with Crippen LogP contribution in [0.3, 0.4) is 0 Å². The Bertz CT molecular complexity index is 1190. The summed E-state index contributed by atoms with van der Waals surface area (Å²) in [6, 6.07) is 7.61. The zero-order chi connectivity index (χ0) is 22.1. The first-order valence-corrected chi connectivity index (χ1v) is 10.7. The standard InChI is InChI=1S/C22H29N5O4/c1-14-8-10-26(11-9-14)21-23-19-18(20(29)24-22(30)25(19)3)27(21)12-16(28)13-31-17-7-5-4-6-15(17)2/h4-7,14,16,28H,8-13H2,1-3H3,(H,24,29,30). The zero-order valence-electron chi connectivity index (χ0n) is 18.2. The van der Waals surface area contributed by atoms with Crippen LogP contribution in [0.25, 0.3) is 11.2 Å². The van der Waals surface area contributed by atoms with Crippen LogP contribution in [0, 0.1) is 12.8 Å². The Labute approximate surface area is 179 Å². The third-order valence-electron chi connectivity index (χ3n) is 5.97. The lowest BCUT2D eigenvalue weighted by Gasteiger charge is -2.31. The van der Waals surface area contributed by atoms with Gasteiger partial charge in [0, 0.05) is 20.1 Å². The van der Waals surface area contributed by atoms with Crippen molar-refractivity contribution < 1.29 is 9.84 Å². The highest BCUT2D eigenvalue weighted by Gasteiger charge is 2.25. The van der Waals surface area contributed by atoms with E-state index in [0.717, 1.165) is 31.5 Å². The van der Waals surface area contributed by atoms with Gasteiger partial charge in [-0.15, -0.1) is 0 Å². The number of aromatic nitrogens is 4. The number of nitrogens with one attached hydrogen (secondary N) is 1. The van der Waals surface area contributed by atoms with Crippen molar-refractivity contribution >= 4 is 17.1 Å². The molecule has 1 atom stereocenters. The van der Waals surface area contributed by atoms with Crippen LogP contribution in [0.15, 0.2) is 33.9 Å². The summed E-state index contributed by atoms with van der Waals surface area (Å²) in [5.74, 6) is 1.95. The van der Waals surface area contributed by atoms with Crippen LogP contribution < -0.4 is 20.9 Å². The highest BCUT2D eigenvalue weighted by molar-refractivity contribution is 5.74. The van der Waals surface area contributed by atoms with Crippen molar-refractivity contribution in [1.82, 2.24) is 19.1 Å². The number of hydrogen-bond donors (Lipinski definition) is 2. The van der Waals surface area contributed by atoms with E-state index in [2.05, 4.69) is 21.8 Å². The molecule has 2 aromatic heterocycles. The SMILES string of the molecule is Cc1ccccc1OCC(O)Cn1c(N2CCC(C)CC2)nc2c1c(=O)[nH]c(=O)n2C. The molecule has 0 bridgehead atoms. The molecule has 9 nitrogen and oxygen atoms in total. The molecule has 166 valence electrons. The smallest absolute Gasteiger partial charge is 0.329 e. The Morgan fingerprint density at radius 1 is 1.26 bits per heavy atom. The van der Waals surface area contributed by atoms with Crippen molar-refractivity contribution in [3.63, 3.8) is 0 Å². The van der Waals surface area contributed by atoms with E-state index in [0.29, 0.717) is 23.3 Å². The van der Waals surface area contributed by atoms with Crippen LogP contribution >= 0.6 is 0 Å². The van der Waals surface area contributed by atoms with E-state index in [1.165, 1.54) is 4.57 Å². The summed E-state index contributed by atoms with van der Waals surface area (Å²) in [5.41, 5.74) is 0.566. The average molecular weight is 428 g/mol. The summed E-state index contributed by atoms with van der Waals surface area (Å²) in [6.07, 6.45) is 1.19. The Hall–Kier alpha value is -3.07. The van der Waals surface area contributed by atoms with Gasteiger partial charge in [-0.2, -0.15) is 4.98 Å². The maximum absolute atomic E-state index is 12.7. The first-order valence-electron chi connectivity index (χ1n) is 10.7. The molecule has 1 unspecified atom stereocenters. The Balaban J connectivity index is 1.67. The number of hydrogen-bond acceptors (Lipinski definition) is 6. The maximum atomic E-state index is 12.7. The zero-order valence-corrected chi connectivity index (χ0v) is 18.2. The number of aliphatic hydroxyl groups is 1. The van der Waals surface area contributed by atoms with Gasteiger partial charge in [0.1, 0.15) is 18.5 Å². The number of imidazole rings is 1. The third kappa shape index (κ3) is 4.23. The molecule has 0 spiro atoms. The van der Waals surface area contributed by atoms with Crippen molar-refractivity contribution in [1.29, 1.82) is 0 Å². The molecule has 9 heteroatoms. The number of anilines is 1. The molecule has 1 fully saturated rings. The number of piperidine rings is 1. The van der Waals surface area contributed by atoms with Crippen LogP contribution in [0.5, 0.6) is 5.75 Å². The fourth-order valence-corrected chi connectivity index (χ4v) is 4.01. The molecule has 1 saturated heterocycles. The highest BCUT2D eigenvalue weighted by Crippen LogP contribution is 2.25. The second-order valence-electron chi connectivity index (χ2n) is 8.41. The minimum Gasteiger partial charge on any atom is -0.491 e. The number of ether oxygens (including phenoxy) is 1. The van der Waals surface area contributed by atoms with Crippen molar-refractivity contribution in [3.05, 3.63) is 50.7 Å². The normalized spacial score (nSPS) is 16.1. The van der Waals surface area contributed by atoms with Gasteiger partial charge in [-0.3, -0.25) is 14.3 Å². The summed E-state index contributed by atoms with van der Waals surface area (Å²) in [4.78, 5) is 33.9. The molecule has 3 heterocycles. The molecule has 0 aliphatic carbocycles. The first kappa shape index (κ1) is 21.2. The highest BCUT2D eigenvalue weighted by atomic mass is 16.5. The molecule has 0 amide bonds. The van der Waals surface area contributed by atoms with E-state index in [-0.39, 0.29) is 18.7 Å². The number of H-pyrrole nitrogens is 1. The maximum Gasteiger partial charge on any atom is 0.329 e. The van der Waals surface area contributed by atoms with Gasteiger partial charge in [0.25, 0.3) is 5.56 Å². The van der Waals surface area contributed by atoms with Crippen LogP contribution in [0.1, 0.15) is 25.3 Å². The van der Waals surface area contributed by atoms with Crippen LogP contribution in [-0.4, -0.2) is 50.0 Å². The molecular weight excluding hydrogens is 398 g/mol. The largest absolute Gasteiger partial charge is 0.491 e. The van der Waals surface area contributed by atoms with E-state index in [9.17, 15) is 14.7 Å². The number of benzene rings is 1. The number of para-hydroxylation sites is 1. The van der Waals surface area contributed by atoms with Crippen molar-refractivity contribution in [2.75, 3.05) is 24.6 Å². The second kappa shape index (κ2) is 8.58. The molecule has 2 N–H and O–H groups in total.